The maximum absolute atomic E-state index is 10.6. The maximum Gasteiger partial charge on any atom is 0.357 e. The molecule has 1 rings (SSSR count). The normalized spacial score (nSPS) is 11.2. The Balaban J connectivity index is 2.82. The largest absolute Gasteiger partial charge is 0.372 e. The molecule has 5 nitrogen and oxygen atoms in total. The predicted octanol–water partition coefficient (Wildman–Crippen LogP) is 1.75. The highest BCUT2D eigenvalue weighted by Gasteiger charge is 2.05. The zero-order valence-electron chi connectivity index (χ0n) is 9.34. The zero-order valence-corrected chi connectivity index (χ0v) is 10.2. The van der Waals surface area contributed by atoms with Crippen LogP contribution < -0.4 is 9.62 Å². The molecule has 0 fully saturated rings. The minimum absolute atomic E-state index is 0.346. The van der Waals surface area contributed by atoms with Gasteiger partial charge in [-0.3, -0.25) is 9.27 Å². The molecule has 6 heteroatoms. The smallest absolute Gasteiger partial charge is 0.357 e. The monoisotopic (exact) mass is 244 g/mol. The van der Waals surface area contributed by atoms with E-state index in [0.29, 0.717) is 5.69 Å². The second-order valence-electron chi connectivity index (χ2n) is 3.30. The lowest BCUT2D eigenvalue weighted by molar-refractivity contribution is 0.489. The number of rotatable bonds is 5. The summed E-state index contributed by atoms with van der Waals surface area (Å²) in [5.41, 5.74) is 1.37. The molecule has 0 aliphatic rings. The molecule has 16 heavy (non-hydrogen) atoms. The molecule has 0 radical (unpaired) electrons. The van der Waals surface area contributed by atoms with Crippen molar-refractivity contribution in [1.29, 1.82) is 0 Å². The fourth-order valence-corrected chi connectivity index (χ4v) is 1.91. The van der Waals surface area contributed by atoms with E-state index in [1.165, 1.54) is 0 Å². The van der Waals surface area contributed by atoms with Crippen LogP contribution in [0.4, 0.5) is 11.4 Å². The molecular formula is C10H16N2O3S. The molecular weight excluding hydrogens is 228 g/mol. The Kier molecular flexibility index (Phi) is 4.14. The van der Waals surface area contributed by atoms with Crippen LogP contribution in [0.15, 0.2) is 24.3 Å². The number of nitrogens with zero attached hydrogens (tertiary/aromatic N) is 1. The van der Waals surface area contributed by atoms with Crippen LogP contribution in [-0.2, 0) is 10.3 Å². The standard InChI is InChI=1S/C10H16N2O3S/c1-3-12(4-2)10-7-5-9(6-8-10)11-16(13,14)15/h5-8,11H,3-4H2,1-2H3,(H,13,14,15). The summed E-state index contributed by atoms with van der Waals surface area (Å²) in [4.78, 5) is 2.14. The average Bonchev–Trinajstić information content (AvgIpc) is 2.20. The number of benzene rings is 1. The van der Waals surface area contributed by atoms with Crippen LogP contribution in [0.1, 0.15) is 13.8 Å². The molecule has 0 spiro atoms. The predicted molar refractivity (Wildman–Crippen MR) is 65.2 cm³/mol. The first-order valence-corrected chi connectivity index (χ1v) is 6.50. The van der Waals surface area contributed by atoms with E-state index in [0.717, 1.165) is 18.8 Å². The van der Waals surface area contributed by atoms with E-state index in [2.05, 4.69) is 4.90 Å². The Hall–Kier alpha value is -1.27. The van der Waals surface area contributed by atoms with Crippen LogP contribution >= 0.6 is 0 Å². The summed E-state index contributed by atoms with van der Waals surface area (Å²) in [6.07, 6.45) is 0. The molecule has 0 aromatic heterocycles. The van der Waals surface area contributed by atoms with Gasteiger partial charge in [-0.25, -0.2) is 0 Å². The van der Waals surface area contributed by atoms with Gasteiger partial charge in [0, 0.05) is 18.8 Å². The van der Waals surface area contributed by atoms with Crippen molar-refractivity contribution in [2.75, 3.05) is 22.7 Å². The van der Waals surface area contributed by atoms with Gasteiger partial charge in [-0.05, 0) is 38.1 Å². The molecule has 0 saturated heterocycles. The van der Waals surface area contributed by atoms with Gasteiger partial charge in [-0.2, -0.15) is 8.42 Å². The average molecular weight is 244 g/mol. The third-order valence-corrected chi connectivity index (χ3v) is 2.74. The quantitative estimate of drug-likeness (QED) is 0.774. The van der Waals surface area contributed by atoms with E-state index >= 15 is 0 Å². The lowest BCUT2D eigenvalue weighted by atomic mass is 10.2. The fourth-order valence-electron chi connectivity index (χ4n) is 1.48. The summed E-state index contributed by atoms with van der Waals surface area (Å²) in [7, 11) is -4.19. The van der Waals surface area contributed by atoms with Crippen molar-refractivity contribution in [2.45, 2.75) is 13.8 Å². The summed E-state index contributed by atoms with van der Waals surface area (Å²) in [6, 6.07) is 6.84. The number of anilines is 2. The first-order valence-electron chi connectivity index (χ1n) is 5.06. The Morgan fingerprint density at radius 3 is 2.06 bits per heavy atom. The van der Waals surface area contributed by atoms with Gasteiger partial charge in [-0.1, -0.05) is 0 Å². The Bertz CT molecular complexity index is 424. The molecule has 2 N–H and O–H groups in total. The third kappa shape index (κ3) is 3.71. The summed E-state index contributed by atoms with van der Waals surface area (Å²) in [5.74, 6) is 0. The van der Waals surface area contributed by atoms with Crippen LogP contribution in [0.2, 0.25) is 0 Å². The van der Waals surface area contributed by atoms with Gasteiger partial charge in [0.25, 0.3) is 0 Å². The van der Waals surface area contributed by atoms with Crippen molar-refractivity contribution in [2.24, 2.45) is 0 Å². The van der Waals surface area contributed by atoms with Gasteiger partial charge in [0.2, 0.25) is 0 Å². The Morgan fingerprint density at radius 1 is 1.19 bits per heavy atom. The highest BCUT2D eigenvalue weighted by atomic mass is 32.2. The van der Waals surface area contributed by atoms with Gasteiger partial charge in [0.1, 0.15) is 0 Å². The second-order valence-corrected chi connectivity index (χ2v) is 4.45. The summed E-state index contributed by atoms with van der Waals surface area (Å²) in [6.45, 7) is 5.88. The third-order valence-electron chi connectivity index (χ3n) is 2.24. The molecule has 0 bridgehead atoms. The summed E-state index contributed by atoms with van der Waals surface area (Å²) in [5, 5.41) is 0. The van der Waals surface area contributed by atoms with Crippen LogP contribution in [0, 0.1) is 0 Å². The van der Waals surface area contributed by atoms with E-state index in [4.69, 9.17) is 4.55 Å². The van der Waals surface area contributed by atoms with Crippen molar-refractivity contribution in [3.05, 3.63) is 24.3 Å². The van der Waals surface area contributed by atoms with Crippen molar-refractivity contribution in [3.63, 3.8) is 0 Å². The van der Waals surface area contributed by atoms with Gasteiger partial charge < -0.3 is 4.90 Å². The summed E-state index contributed by atoms with van der Waals surface area (Å²) >= 11 is 0. The van der Waals surface area contributed by atoms with E-state index in [-0.39, 0.29) is 0 Å². The SMILES string of the molecule is CCN(CC)c1ccc(NS(=O)(=O)O)cc1. The molecule has 0 unspecified atom stereocenters. The van der Waals surface area contributed by atoms with Crippen molar-refractivity contribution >= 4 is 21.7 Å². The van der Waals surface area contributed by atoms with Crippen molar-refractivity contribution < 1.29 is 13.0 Å². The van der Waals surface area contributed by atoms with Gasteiger partial charge >= 0.3 is 10.3 Å². The minimum Gasteiger partial charge on any atom is -0.372 e. The fraction of sp³-hybridized carbons (Fsp3) is 0.400. The number of hydrogen-bond acceptors (Lipinski definition) is 3. The number of nitrogens with one attached hydrogen (secondary N) is 1. The molecule has 0 heterocycles. The lowest BCUT2D eigenvalue weighted by Gasteiger charge is -2.21. The molecule has 0 aliphatic heterocycles. The van der Waals surface area contributed by atoms with E-state index < -0.39 is 10.3 Å². The highest BCUT2D eigenvalue weighted by molar-refractivity contribution is 7.87. The van der Waals surface area contributed by atoms with Crippen molar-refractivity contribution in [3.8, 4) is 0 Å². The highest BCUT2D eigenvalue weighted by Crippen LogP contribution is 2.18. The lowest BCUT2D eigenvalue weighted by Crippen LogP contribution is -2.21. The van der Waals surface area contributed by atoms with Gasteiger partial charge in [0.05, 0.1) is 5.69 Å². The van der Waals surface area contributed by atoms with Crippen LogP contribution in [0.25, 0.3) is 0 Å². The molecule has 0 amide bonds. The van der Waals surface area contributed by atoms with Crippen LogP contribution in [0.5, 0.6) is 0 Å². The molecule has 1 aromatic rings. The first kappa shape index (κ1) is 12.8. The van der Waals surface area contributed by atoms with Gasteiger partial charge in [0.15, 0.2) is 0 Å². The zero-order chi connectivity index (χ0) is 12.2. The summed E-state index contributed by atoms with van der Waals surface area (Å²) < 4.78 is 31.7. The Morgan fingerprint density at radius 2 is 1.69 bits per heavy atom. The molecule has 0 saturated carbocycles. The van der Waals surface area contributed by atoms with Crippen LogP contribution in [-0.4, -0.2) is 26.1 Å². The topological polar surface area (TPSA) is 69.6 Å². The van der Waals surface area contributed by atoms with E-state index in [1.54, 1.807) is 24.3 Å². The molecule has 1 aromatic carbocycles. The van der Waals surface area contributed by atoms with E-state index in [9.17, 15) is 8.42 Å². The van der Waals surface area contributed by atoms with Gasteiger partial charge in [-0.15, -0.1) is 0 Å². The van der Waals surface area contributed by atoms with Crippen molar-refractivity contribution in [1.82, 2.24) is 0 Å². The number of hydrogen-bond donors (Lipinski definition) is 2. The first-order chi connectivity index (χ1) is 7.46. The maximum atomic E-state index is 10.6. The van der Waals surface area contributed by atoms with E-state index in [1.807, 2.05) is 18.6 Å². The minimum atomic E-state index is -4.19. The Labute approximate surface area is 96.0 Å². The molecule has 90 valence electrons. The van der Waals surface area contributed by atoms with Crippen LogP contribution in [0.3, 0.4) is 0 Å². The second kappa shape index (κ2) is 5.18. The molecule has 0 aliphatic carbocycles. The molecule has 0 atom stereocenters.